The molecule has 0 aliphatic carbocycles. The summed E-state index contributed by atoms with van der Waals surface area (Å²) in [6, 6.07) is -1.00. The molecule has 4 unspecified atom stereocenters. The lowest BCUT2D eigenvalue weighted by atomic mass is 10.0. The Balaban J connectivity index is 4.48. The minimum Gasteiger partial charge on any atom is -0.393 e. The Labute approximate surface area is 306 Å². The van der Waals surface area contributed by atoms with E-state index in [2.05, 4.69) is 43.5 Å². The van der Waals surface area contributed by atoms with Crippen LogP contribution in [0.5, 0.6) is 0 Å². The summed E-state index contributed by atoms with van der Waals surface area (Å²) in [5.41, 5.74) is 5.35. The molecule has 0 aromatic heterocycles. The Morgan fingerprint density at radius 2 is 1.14 bits per heavy atom. The first kappa shape index (κ1) is 48.7. The van der Waals surface area contributed by atoms with Crippen molar-refractivity contribution in [2.75, 3.05) is 19.8 Å². The fourth-order valence-corrected chi connectivity index (χ4v) is 6.44. The van der Waals surface area contributed by atoms with Gasteiger partial charge in [-0.2, -0.15) is 0 Å². The number of allylic oxidation sites excluding steroid dienone is 5. The van der Waals surface area contributed by atoms with Gasteiger partial charge in [-0.15, -0.1) is 0 Å². The maximum Gasteiger partial charge on any atom is 0.472 e. The molecule has 9 nitrogen and oxygen atoms in total. The van der Waals surface area contributed by atoms with Crippen molar-refractivity contribution in [1.82, 2.24) is 5.32 Å². The van der Waals surface area contributed by atoms with E-state index in [9.17, 15) is 24.5 Å². The highest BCUT2D eigenvalue weighted by atomic mass is 31.2. The second-order valence-corrected chi connectivity index (χ2v) is 15.1. The lowest BCUT2D eigenvalue weighted by Gasteiger charge is -2.24. The number of hydrogen-bond acceptors (Lipinski definition) is 7. The minimum absolute atomic E-state index is 0.0426. The second-order valence-electron chi connectivity index (χ2n) is 13.7. The standard InChI is InChI=1S/C40H77N2O7P/c1-3-5-7-9-11-13-15-16-17-18-19-20-22-24-26-28-30-32-39(44)38(36-49-50(46,47)48-34-33-41)42-40(45)35-37(43)31-29-27-25-23-21-14-12-10-8-6-4-2/h17-18,22,24,30,32,37-39,43-44H,3-16,19-21,23,25-29,31,33-36,41H2,1-2H3,(H,42,45)(H,46,47)/b18-17+,24-22+,32-30+. The number of nitrogens with one attached hydrogen (secondary N) is 1. The molecule has 50 heavy (non-hydrogen) atoms. The van der Waals surface area contributed by atoms with Crippen LogP contribution in [0.2, 0.25) is 0 Å². The number of aliphatic hydroxyl groups excluding tert-OH is 2. The van der Waals surface area contributed by atoms with Crippen molar-refractivity contribution in [2.24, 2.45) is 5.73 Å². The Kier molecular flexibility index (Phi) is 35.1. The molecule has 0 aromatic carbocycles. The van der Waals surface area contributed by atoms with Gasteiger partial charge in [0.05, 0.1) is 37.9 Å². The third kappa shape index (κ3) is 33.8. The summed E-state index contributed by atoms with van der Waals surface area (Å²) in [6.45, 7) is 3.91. The third-order valence-electron chi connectivity index (χ3n) is 8.75. The average molecular weight is 729 g/mol. The number of aliphatic hydroxyl groups is 2. The summed E-state index contributed by atoms with van der Waals surface area (Å²) in [4.78, 5) is 22.7. The highest BCUT2D eigenvalue weighted by Crippen LogP contribution is 2.43. The number of rotatable bonds is 37. The van der Waals surface area contributed by atoms with Gasteiger partial charge in [0.1, 0.15) is 0 Å². The molecule has 4 atom stereocenters. The van der Waals surface area contributed by atoms with Crippen LogP contribution in [0.1, 0.15) is 174 Å². The molecule has 0 aliphatic heterocycles. The molecule has 0 aliphatic rings. The van der Waals surface area contributed by atoms with Crippen LogP contribution in [0.15, 0.2) is 36.5 Å². The third-order valence-corrected chi connectivity index (χ3v) is 9.74. The highest BCUT2D eigenvalue weighted by molar-refractivity contribution is 7.47. The smallest absolute Gasteiger partial charge is 0.393 e. The zero-order valence-electron chi connectivity index (χ0n) is 32.0. The van der Waals surface area contributed by atoms with E-state index in [4.69, 9.17) is 14.8 Å². The molecule has 0 rings (SSSR count). The van der Waals surface area contributed by atoms with Crippen molar-refractivity contribution in [2.45, 2.75) is 193 Å². The largest absolute Gasteiger partial charge is 0.472 e. The van der Waals surface area contributed by atoms with Gasteiger partial charge >= 0.3 is 7.82 Å². The Morgan fingerprint density at radius 1 is 0.680 bits per heavy atom. The average Bonchev–Trinajstić information content (AvgIpc) is 3.09. The van der Waals surface area contributed by atoms with Gasteiger partial charge in [0.25, 0.3) is 0 Å². The molecule has 6 N–H and O–H groups in total. The van der Waals surface area contributed by atoms with Crippen molar-refractivity contribution in [1.29, 1.82) is 0 Å². The molecule has 0 spiro atoms. The fourth-order valence-electron chi connectivity index (χ4n) is 5.68. The number of amides is 1. The summed E-state index contributed by atoms with van der Waals surface area (Å²) in [5.74, 6) is -0.461. The molecule has 0 radical (unpaired) electrons. The molecule has 0 saturated carbocycles. The van der Waals surface area contributed by atoms with Crippen LogP contribution in [-0.4, -0.2) is 59.0 Å². The summed E-state index contributed by atoms with van der Waals surface area (Å²) in [5, 5.41) is 23.9. The van der Waals surface area contributed by atoms with Gasteiger partial charge < -0.3 is 26.2 Å². The second kappa shape index (κ2) is 36.1. The van der Waals surface area contributed by atoms with Crippen molar-refractivity contribution < 1.29 is 33.5 Å². The van der Waals surface area contributed by atoms with Gasteiger partial charge in [-0.25, -0.2) is 4.57 Å². The van der Waals surface area contributed by atoms with Crippen LogP contribution >= 0.6 is 7.82 Å². The van der Waals surface area contributed by atoms with Gasteiger partial charge in [0, 0.05) is 6.54 Å². The number of phosphoric ester groups is 1. The summed E-state index contributed by atoms with van der Waals surface area (Å²) in [6.07, 6.45) is 38.0. The van der Waals surface area contributed by atoms with Crippen LogP contribution in [0, 0.1) is 0 Å². The van der Waals surface area contributed by atoms with E-state index >= 15 is 0 Å². The monoisotopic (exact) mass is 729 g/mol. The zero-order valence-corrected chi connectivity index (χ0v) is 32.9. The van der Waals surface area contributed by atoms with Crippen molar-refractivity contribution >= 4 is 13.7 Å². The maximum absolute atomic E-state index is 12.7. The molecule has 0 saturated heterocycles. The SMILES string of the molecule is CCCCCCCCC/C=C/CC/C=C/CC/C=C/C(O)C(COP(=O)(O)OCCN)NC(=O)CC(O)CCCCCCCCCCCCC. The summed E-state index contributed by atoms with van der Waals surface area (Å²) < 4.78 is 22.0. The Hall–Kier alpha value is -1.32. The first-order chi connectivity index (χ1) is 24.3. The first-order valence-corrected chi connectivity index (χ1v) is 21.7. The van der Waals surface area contributed by atoms with Gasteiger partial charge in [-0.3, -0.25) is 13.8 Å². The van der Waals surface area contributed by atoms with E-state index in [0.29, 0.717) is 12.8 Å². The number of carbonyl (C=O) groups excluding carboxylic acids is 1. The van der Waals surface area contributed by atoms with Gasteiger partial charge in [0.15, 0.2) is 0 Å². The summed E-state index contributed by atoms with van der Waals surface area (Å²) in [7, 11) is -4.40. The number of nitrogens with two attached hydrogens (primary N) is 1. The van der Waals surface area contributed by atoms with E-state index in [1.54, 1.807) is 6.08 Å². The van der Waals surface area contributed by atoms with Crippen molar-refractivity contribution in [3.05, 3.63) is 36.5 Å². The predicted molar refractivity (Wildman–Crippen MR) is 209 cm³/mol. The van der Waals surface area contributed by atoms with Crippen LogP contribution in [0.3, 0.4) is 0 Å². The quantitative estimate of drug-likeness (QED) is 0.0241. The van der Waals surface area contributed by atoms with Crippen LogP contribution in [0.25, 0.3) is 0 Å². The molecule has 0 fully saturated rings. The molecular weight excluding hydrogens is 651 g/mol. The molecule has 10 heteroatoms. The number of unbranched alkanes of at least 4 members (excludes halogenated alkanes) is 19. The lowest BCUT2D eigenvalue weighted by Crippen LogP contribution is -2.46. The van der Waals surface area contributed by atoms with E-state index in [-0.39, 0.29) is 19.6 Å². The maximum atomic E-state index is 12.7. The summed E-state index contributed by atoms with van der Waals surface area (Å²) >= 11 is 0. The highest BCUT2D eigenvalue weighted by Gasteiger charge is 2.27. The fraction of sp³-hybridized carbons (Fsp3) is 0.825. The lowest BCUT2D eigenvalue weighted by molar-refractivity contribution is -0.124. The van der Waals surface area contributed by atoms with E-state index in [1.807, 2.05) is 6.08 Å². The number of phosphoric acid groups is 1. The van der Waals surface area contributed by atoms with Crippen LogP contribution in [0.4, 0.5) is 0 Å². The first-order valence-electron chi connectivity index (χ1n) is 20.2. The molecule has 0 heterocycles. The zero-order chi connectivity index (χ0) is 37.0. The molecule has 0 bridgehead atoms. The topological polar surface area (TPSA) is 151 Å². The molecular formula is C40H77N2O7P. The molecule has 294 valence electrons. The number of hydrogen-bond donors (Lipinski definition) is 5. The van der Waals surface area contributed by atoms with E-state index in [1.165, 1.54) is 96.3 Å². The van der Waals surface area contributed by atoms with Crippen LogP contribution < -0.4 is 11.1 Å². The predicted octanol–water partition coefficient (Wildman–Crippen LogP) is 9.75. The van der Waals surface area contributed by atoms with E-state index in [0.717, 1.165) is 44.9 Å². The molecule has 0 aromatic rings. The Morgan fingerprint density at radius 3 is 1.66 bits per heavy atom. The van der Waals surface area contributed by atoms with Gasteiger partial charge in [-0.05, 0) is 44.9 Å². The van der Waals surface area contributed by atoms with Gasteiger partial charge in [0.2, 0.25) is 5.91 Å². The molecule has 1 amide bonds. The van der Waals surface area contributed by atoms with Crippen LogP contribution in [-0.2, 0) is 18.4 Å². The number of carbonyl (C=O) groups is 1. The normalized spacial score (nSPS) is 15.2. The Bertz CT molecular complexity index is 899. The van der Waals surface area contributed by atoms with Crippen molar-refractivity contribution in [3.8, 4) is 0 Å². The van der Waals surface area contributed by atoms with Gasteiger partial charge in [-0.1, -0.05) is 159 Å². The minimum atomic E-state index is -4.40. The van der Waals surface area contributed by atoms with Crippen molar-refractivity contribution in [3.63, 3.8) is 0 Å². The van der Waals surface area contributed by atoms with E-state index < -0.39 is 38.6 Å².